The van der Waals surface area contributed by atoms with E-state index in [9.17, 15) is 4.79 Å². The van der Waals surface area contributed by atoms with Crippen molar-refractivity contribution in [1.29, 1.82) is 0 Å². The average molecular weight is 350 g/mol. The first-order valence-corrected chi connectivity index (χ1v) is 8.47. The largest absolute Gasteiger partial charge is 0.456 e. The van der Waals surface area contributed by atoms with Crippen LogP contribution in [0.3, 0.4) is 0 Å². The van der Waals surface area contributed by atoms with E-state index >= 15 is 0 Å². The van der Waals surface area contributed by atoms with Crippen LogP contribution in [0.4, 0.5) is 0 Å². The Bertz CT molecular complexity index is 1070. The predicted octanol–water partition coefficient (Wildman–Crippen LogP) is 5.73. The van der Waals surface area contributed by atoms with Crippen molar-refractivity contribution in [3.05, 3.63) is 82.9 Å². The van der Waals surface area contributed by atoms with Gasteiger partial charge in [-0.1, -0.05) is 41.9 Å². The van der Waals surface area contributed by atoms with Crippen molar-refractivity contribution < 1.29 is 9.21 Å². The second-order valence-electron chi connectivity index (χ2n) is 6.06. The minimum Gasteiger partial charge on any atom is -0.456 e. The zero-order valence-corrected chi connectivity index (χ0v) is 14.4. The first kappa shape index (κ1) is 15.7. The fourth-order valence-corrected chi connectivity index (χ4v) is 3.11. The van der Waals surface area contributed by atoms with Gasteiger partial charge in [0.1, 0.15) is 11.2 Å². The third-order valence-electron chi connectivity index (χ3n) is 4.36. The van der Waals surface area contributed by atoms with E-state index in [0.29, 0.717) is 10.6 Å². The molecule has 124 valence electrons. The highest BCUT2D eigenvalue weighted by atomic mass is 35.5. The van der Waals surface area contributed by atoms with Crippen molar-refractivity contribution in [2.75, 3.05) is 0 Å². The topological polar surface area (TPSA) is 42.2 Å². The highest BCUT2D eigenvalue weighted by Gasteiger charge is 2.14. The van der Waals surface area contributed by atoms with E-state index in [1.165, 1.54) is 0 Å². The number of furan rings is 1. The molecule has 4 aromatic rings. The summed E-state index contributed by atoms with van der Waals surface area (Å²) < 4.78 is 5.80. The molecule has 1 atom stereocenters. The lowest BCUT2D eigenvalue weighted by molar-refractivity contribution is 0.0940. The third-order valence-corrected chi connectivity index (χ3v) is 4.61. The van der Waals surface area contributed by atoms with Crippen molar-refractivity contribution in [2.45, 2.75) is 13.0 Å². The molecule has 25 heavy (non-hydrogen) atoms. The van der Waals surface area contributed by atoms with E-state index in [-0.39, 0.29) is 11.9 Å². The number of fused-ring (bicyclic) bond motifs is 3. The van der Waals surface area contributed by atoms with Gasteiger partial charge in [0, 0.05) is 21.4 Å². The normalized spacial score (nSPS) is 12.4. The second-order valence-corrected chi connectivity index (χ2v) is 6.49. The first-order valence-electron chi connectivity index (χ1n) is 8.09. The van der Waals surface area contributed by atoms with E-state index in [4.69, 9.17) is 16.0 Å². The summed E-state index contributed by atoms with van der Waals surface area (Å²) in [6, 6.07) is 20.7. The van der Waals surface area contributed by atoms with Gasteiger partial charge in [0.2, 0.25) is 0 Å². The summed E-state index contributed by atoms with van der Waals surface area (Å²) in [6.45, 7) is 1.95. The van der Waals surface area contributed by atoms with Crippen molar-refractivity contribution in [3.63, 3.8) is 0 Å². The zero-order chi connectivity index (χ0) is 17.4. The van der Waals surface area contributed by atoms with Crippen molar-refractivity contribution in [2.24, 2.45) is 0 Å². The Morgan fingerprint density at radius 2 is 1.68 bits per heavy atom. The van der Waals surface area contributed by atoms with Gasteiger partial charge >= 0.3 is 0 Å². The molecule has 1 N–H and O–H groups in total. The van der Waals surface area contributed by atoms with Crippen LogP contribution in [-0.4, -0.2) is 5.91 Å². The van der Waals surface area contributed by atoms with Crippen molar-refractivity contribution in [3.8, 4) is 0 Å². The number of benzene rings is 3. The molecule has 0 aliphatic carbocycles. The maximum atomic E-state index is 12.6. The summed E-state index contributed by atoms with van der Waals surface area (Å²) in [5.74, 6) is -0.116. The van der Waals surface area contributed by atoms with E-state index < -0.39 is 0 Å². The number of halogens is 1. The number of carbonyl (C=O) groups is 1. The van der Waals surface area contributed by atoms with Gasteiger partial charge in [0.05, 0.1) is 6.04 Å². The molecular weight excluding hydrogens is 334 g/mol. The number of para-hydroxylation sites is 1. The smallest absolute Gasteiger partial charge is 0.251 e. The van der Waals surface area contributed by atoms with E-state index in [2.05, 4.69) is 5.32 Å². The predicted molar refractivity (Wildman–Crippen MR) is 101 cm³/mol. The minimum absolute atomic E-state index is 0.110. The molecule has 4 heteroatoms. The van der Waals surface area contributed by atoms with E-state index in [0.717, 1.165) is 27.5 Å². The SMILES string of the molecule is CC(NC(=O)c1ccc2oc3ccccc3c2c1)c1ccc(Cl)cc1. The highest BCUT2D eigenvalue weighted by molar-refractivity contribution is 6.30. The molecule has 0 aliphatic rings. The van der Waals surface area contributed by atoms with Gasteiger partial charge in [-0.2, -0.15) is 0 Å². The molecule has 1 aromatic heterocycles. The maximum absolute atomic E-state index is 12.6. The number of nitrogens with one attached hydrogen (secondary N) is 1. The van der Waals surface area contributed by atoms with Crippen LogP contribution in [0.5, 0.6) is 0 Å². The molecule has 1 amide bonds. The number of carbonyl (C=O) groups excluding carboxylic acids is 1. The molecule has 3 aromatic carbocycles. The minimum atomic E-state index is -0.116. The Labute approximate surface area is 150 Å². The molecule has 3 nitrogen and oxygen atoms in total. The summed E-state index contributed by atoms with van der Waals surface area (Å²) >= 11 is 5.91. The molecular formula is C21H16ClNO2. The van der Waals surface area contributed by atoms with Crippen LogP contribution in [-0.2, 0) is 0 Å². The molecule has 1 unspecified atom stereocenters. The molecule has 0 saturated carbocycles. The van der Waals surface area contributed by atoms with Crippen molar-refractivity contribution in [1.82, 2.24) is 5.32 Å². The third kappa shape index (κ3) is 2.99. The van der Waals surface area contributed by atoms with Gasteiger partial charge in [0.25, 0.3) is 5.91 Å². The molecule has 4 rings (SSSR count). The summed E-state index contributed by atoms with van der Waals surface area (Å²) in [5.41, 5.74) is 3.22. The molecule has 0 radical (unpaired) electrons. The Kier molecular flexibility index (Phi) is 3.94. The molecule has 0 spiro atoms. The van der Waals surface area contributed by atoms with E-state index in [1.54, 1.807) is 6.07 Å². The number of amides is 1. The Hall–Kier alpha value is -2.78. The lowest BCUT2D eigenvalue weighted by Gasteiger charge is -2.14. The lowest BCUT2D eigenvalue weighted by atomic mass is 10.1. The molecule has 0 fully saturated rings. The summed E-state index contributed by atoms with van der Waals surface area (Å²) in [5, 5.41) is 5.66. The second kappa shape index (κ2) is 6.26. The van der Waals surface area contributed by atoms with Crippen LogP contribution in [0.2, 0.25) is 5.02 Å². The van der Waals surface area contributed by atoms with Crippen molar-refractivity contribution >= 4 is 39.4 Å². The number of hydrogen-bond donors (Lipinski definition) is 1. The first-order chi connectivity index (χ1) is 12.1. The quantitative estimate of drug-likeness (QED) is 0.513. The zero-order valence-electron chi connectivity index (χ0n) is 13.6. The van der Waals surface area contributed by atoms with Gasteiger partial charge in [-0.05, 0) is 48.9 Å². The fraction of sp³-hybridized carbons (Fsp3) is 0.0952. The standard InChI is InChI=1S/C21H16ClNO2/c1-13(14-6-9-16(22)10-7-14)23-21(24)15-8-11-20-18(12-15)17-4-2-3-5-19(17)25-20/h2-13H,1H3,(H,23,24). The summed E-state index contributed by atoms with van der Waals surface area (Å²) in [7, 11) is 0. The van der Waals surface area contributed by atoms with Crippen LogP contribution in [0.15, 0.2) is 71.1 Å². The van der Waals surface area contributed by atoms with Crippen LogP contribution in [0.1, 0.15) is 28.9 Å². The number of hydrogen-bond acceptors (Lipinski definition) is 2. The van der Waals surface area contributed by atoms with Crippen LogP contribution < -0.4 is 5.32 Å². The van der Waals surface area contributed by atoms with Crippen LogP contribution >= 0.6 is 11.6 Å². The van der Waals surface area contributed by atoms with Gasteiger partial charge in [-0.3, -0.25) is 4.79 Å². The Morgan fingerprint density at radius 3 is 2.48 bits per heavy atom. The van der Waals surface area contributed by atoms with Gasteiger partial charge in [-0.15, -0.1) is 0 Å². The molecule has 0 bridgehead atoms. The Balaban J connectivity index is 1.63. The molecule has 0 aliphatic heterocycles. The highest BCUT2D eigenvalue weighted by Crippen LogP contribution is 2.29. The maximum Gasteiger partial charge on any atom is 0.251 e. The van der Waals surface area contributed by atoms with Gasteiger partial charge < -0.3 is 9.73 Å². The lowest BCUT2D eigenvalue weighted by Crippen LogP contribution is -2.26. The van der Waals surface area contributed by atoms with Crippen LogP contribution in [0.25, 0.3) is 21.9 Å². The van der Waals surface area contributed by atoms with Crippen LogP contribution in [0, 0.1) is 0 Å². The van der Waals surface area contributed by atoms with Gasteiger partial charge in [0.15, 0.2) is 0 Å². The molecule has 1 heterocycles. The Morgan fingerprint density at radius 1 is 0.960 bits per heavy atom. The summed E-state index contributed by atoms with van der Waals surface area (Å²) in [6.07, 6.45) is 0. The average Bonchev–Trinajstić information content (AvgIpc) is 3.00. The van der Waals surface area contributed by atoms with Gasteiger partial charge in [-0.25, -0.2) is 0 Å². The summed E-state index contributed by atoms with van der Waals surface area (Å²) in [4.78, 5) is 12.6. The fourth-order valence-electron chi connectivity index (χ4n) is 2.98. The monoisotopic (exact) mass is 349 g/mol. The number of rotatable bonds is 3. The molecule has 0 saturated heterocycles. The van der Waals surface area contributed by atoms with E-state index in [1.807, 2.05) is 67.6 Å².